The lowest BCUT2D eigenvalue weighted by atomic mass is 9.98. The normalized spacial score (nSPS) is 14.7. The molecule has 2 aliphatic rings. The van der Waals surface area contributed by atoms with Gasteiger partial charge in [-0.25, -0.2) is 4.79 Å². The summed E-state index contributed by atoms with van der Waals surface area (Å²) in [6, 6.07) is 25.2. The molecule has 0 radical (unpaired) electrons. The molecule has 0 saturated carbocycles. The number of benzene rings is 3. The highest BCUT2D eigenvalue weighted by atomic mass is 16.5. The Morgan fingerprint density at radius 3 is 2.38 bits per heavy atom. The van der Waals surface area contributed by atoms with Gasteiger partial charge in [-0.05, 0) is 65.9 Å². The van der Waals surface area contributed by atoms with Crippen molar-refractivity contribution in [3.8, 4) is 23.0 Å². The molecular weight excluding hydrogens is 420 g/mol. The van der Waals surface area contributed by atoms with E-state index in [1.165, 1.54) is 53.7 Å². The summed E-state index contributed by atoms with van der Waals surface area (Å²) in [5, 5.41) is 2.83. The van der Waals surface area contributed by atoms with Crippen molar-refractivity contribution >= 4 is 6.09 Å². The molecule has 1 aliphatic heterocycles. The van der Waals surface area contributed by atoms with Crippen LogP contribution in [-0.4, -0.2) is 37.2 Å². The van der Waals surface area contributed by atoms with Crippen LogP contribution in [0.4, 0.5) is 4.79 Å². The zero-order valence-corrected chi connectivity index (χ0v) is 19.4. The van der Waals surface area contributed by atoms with Crippen molar-refractivity contribution in [2.75, 3.05) is 26.2 Å². The number of ether oxygens (including phenoxy) is 1. The van der Waals surface area contributed by atoms with Crippen molar-refractivity contribution < 1.29 is 9.53 Å². The summed E-state index contributed by atoms with van der Waals surface area (Å²) in [6.45, 7) is 4.18. The largest absolute Gasteiger partial charge is 0.449 e. The molecule has 0 atom stereocenters. The molecule has 5 rings (SSSR count). The van der Waals surface area contributed by atoms with Gasteiger partial charge >= 0.3 is 6.09 Å². The minimum atomic E-state index is -0.392. The first kappa shape index (κ1) is 22.3. The molecular formula is C30H30N2O2. The Kier molecular flexibility index (Phi) is 6.93. The van der Waals surface area contributed by atoms with Crippen LogP contribution < -0.4 is 5.32 Å². The van der Waals surface area contributed by atoms with Crippen LogP contribution in [0.2, 0.25) is 0 Å². The minimum absolute atomic E-state index is 0.0748. The summed E-state index contributed by atoms with van der Waals surface area (Å²) in [5.74, 6) is 6.46. The second-order valence-corrected chi connectivity index (χ2v) is 8.99. The third kappa shape index (κ3) is 5.16. The first-order valence-corrected chi connectivity index (χ1v) is 12.2. The fourth-order valence-electron chi connectivity index (χ4n) is 4.99. The van der Waals surface area contributed by atoms with E-state index in [9.17, 15) is 4.79 Å². The molecule has 1 heterocycles. The van der Waals surface area contributed by atoms with E-state index in [0.717, 1.165) is 12.1 Å². The second-order valence-electron chi connectivity index (χ2n) is 8.99. The van der Waals surface area contributed by atoms with Gasteiger partial charge in [0.15, 0.2) is 0 Å². The van der Waals surface area contributed by atoms with Crippen molar-refractivity contribution in [3.05, 3.63) is 95.1 Å². The van der Waals surface area contributed by atoms with Crippen molar-refractivity contribution in [2.45, 2.75) is 31.7 Å². The number of nitrogens with one attached hydrogen (secondary N) is 1. The van der Waals surface area contributed by atoms with Gasteiger partial charge in [-0.1, -0.05) is 72.5 Å². The zero-order chi connectivity index (χ0) is 23.2. The Morgan fingerprint density at radius 2 is 1.65 bits per heavy atom. The molecule has 3 aromatic rings. The van der Waals surface area contributed by atoms with E-state index in [0.29, 0.717) is 19.6 Å². The van der Waals surface area contributed by atoms with Crippen molar-refractivity contribution in [1.29, 1.82) is 0 Å². The van der Waals surface area contributed by atoms with E-state index in [1.807, 2.05) is 18.2 Å². The molecule has 0 aromatic heterocycles. The third-order valence-corrected chi connectivity index (χ3v) is 6.63. The van der Waals surface area contributed by atoms with Gasteiger partial charge in [0, 0.05) is 31.0 Å². The van der Waals surface area contributed by atoms with E-state index in [-0.39, 0.29) is 5.92 Å². The van der Waals surface area contributed by atoms with Gasteiger partial charge in [0.2, 0.25) is 0 Å². The molecule has 1 amide bonds. The first-order valence-electron chi connectivity index (χ1n) is 12.2. The summed E-state index contributed by atoms with van der Waals surface area (Å²) in [4.78, 5) is 14.8. The highest BCUT2D eigenvalue weighted by Gasteiger charge is 2.28. The first-order chi connectivity index (χ1) is 16.8. The van der Waals surface area contributed by atoms with Crippen LogP contribution in [0.15, 0.2) is 72.8 Å². The molecule has 0 unspecified atom stereocenters. The summed E-state index contributed by atoms with van der Waals surface area (Å²) in [7, 11) is 0. The van der Waals surface area contributed by atoms with Crippen LogP contribution in [0, 0.1) is 11.8 Å². The highest BCUT2D eigenvalue weighted by Crippen LogP contribution is 2.44. The monoisotopic (exact) mass is 450 g/mol. The maximum Gasteiger partial charge on any atom is 0.407 e. The number of amides is 1. The number of hydrogen-bond acceptors (Lipinski definition) is 3. The summed E-state index contributed by atoms with van der Waals surface area (Å²) in [5.41, 5.74) is 7.23. The molecule has 1 fully saturated rings. The number of carbonyl (C=O) groups is 1. The number of nitrogens with zero attached hydrogens (tertiary/aromatic N) is 1. The minimum Gasteiger partial charge on any atom is -0.449 e. The topological polar surface area (TPSA) is 41.6 Å². The van der Waals surface area contributed by atoms with E-state index in [2.05, 4.69) is 76.7 Å². The second kappa shape index (κ2) is 10.6. The molecule has 34 heavy (non-hydrogen) atoms. The quantitative estimate of drug-likeness (QED) is 0.395. The molecule has 4 heteroatoms. The van der Waals surface area contributed by atoms with Crippen molar-refractivity contribution in [1.82, 2.24) is 10.2 Å². The maximum atomic E-state index is 12.3. The highest BCUT2D eigenvalue weighted by molar-refractivity contribution is 5.79. The molecule has 1 aliphatic carbocycles. The van der Waals surface area contributed by atoms with Crippen molar-refractivity contribution in [2.24, 2.45) is 0 Å². The SMILES string of the molecule is O=C(NCCC#Cc1cccc(CN2CCCC2)c1)OCC1c2ccccc2-c2ccccc21. The standard InChI is InChI=1S/C30H30N2O2/c33-30(34-22-29-27-15-3-1-13-25(27)26-14-2-4-16-28(26)29)31-17-6-5-10-23-11-9-12-24(20-23)21-32-18-7-8-19-32/h1-4,9,11-16,20,29H,6-8,17-19,21-22H2,(H,31,33). The van der Waals surface area contributed by atoms with Crippen LogP contribution >= 0.6 is 0 Å². The Labute approximate surface area is 201 Å². The predicted octanol–water partition coefficient (Wildman–Crippen LogP) is 5.56. The van der Waals surface area contributed by atoms with Crippen LogP contribution in [0.1, 0.15) is 47.4 Å². The van der Waals surface area contributed by atoms with Gasteiger partial charge < -0.3 is 10.1 Å². The molecule has 1 N–H and O–H groups in total. The number of likely N-dealkylation sites (tertiary alicyclic amines) is 1. The molecule has 3 aromatic carbocycles. The Balaban J connectivity index is 1.09. The molecule has 0 spiro atoms. The fraction of sp³-hybridized carbons (Fsp3) is 0.300. The van der Waals surface area contributed by atoms with E-state index >= 15 is 0 Å². The smallest absolute Gasteiger partial charge is 0.407 e. The molecule has 0 bridgehead atoms. The molecule has 172 valence electrons. The number of fused-ring (bicyclic) bond motifs is 3. The van der Waals surface area contributed by atoms with Gasteiger partial charge in [0.05, 0.1) is 0 Å². The average Bonchev–Trinajstić information content (AvgIpc) is 3.49. The van der Waals surface area contributed by atoms with E-state index < -0.39 is 6.09 Å². The Bertz CT molecular complexity index is 1170. The number of carbonyl (C=O) groups excluding carboxylic acids is 1. The Morgan fingerprint density at radius 1 is 0.941 bits per heavy atom. The Hall–Kier alpha value is -3.55. The fourth-order valence-corrected chi connectivity index (χ4v) is 4.99. The van der Waals surface area contributed by atoms with Gasteiger partial charge in [0.25, 0.3) is 0 Å². The van der Waals surface area contributed by atoms with Crippen LogP contribution in [0.5, 0.6) is 0 Å². The maximum absolute atomic E-state index is 12.3. The van der Waals surface area contributed by atoms with E-state index in [4.69, 9.17) is 4.74 Å². The lowest BCUT2D eigenvalue weighted by molar-refractivity contribution is 0.143. The zero-order valence-electron chi connectivity index (χ0n) is 19.4. The summed E-state index contributed by atoms with van der Waals surface area (Å²) < 4.78 is 5.58. The van der Waals surface area contributed by atoms with Gasteiger partial charge in [0.1, 0.15) is 6.61 Å². The predicted molar refractivity (Wildman–Crippen MR) is 136 cm³/mol. The lowest BCUT2D eigenvalue weighted by Crippen LogP contribution is -2.26. The van der Waals surface area contributed by atoms with Crippen LogP contribution in [-0.2, 0) is 11.3 Å². The van der Waals surface area contributed by atoms with Crippen molar-refractivity contribution in [3.63, 3.8) is 0 Å². The summed E-state index contributed by atoms with van der Waals surface area (Å²) in [6.07, 6.45) is 2.80. The van der Waals surface area contributed by atoms with Gasteiger partial charge in [-0.15, -0.1) is 0 Å². The lowest BCUT2D eigenvalue weighted by Gasteiger charge is -2.14. The third-order valence-electron chi connectivity index (χ3n) is 6.63. The van der Waals surface area contributed by atoms with Crippen LogP contribution in [0.25, 0.3) is 11.1 Å². The average molecular weight is 451 g/mol. The number of rotatable bonds is 6. The number of hydrogen-bond donors (Lipinski definition) is 1. The summed E-state index contributed by atoms with van der Waals surface area (Å²) >= 11 is 0. The van der Waals surface area contributed by atoms with Gasteiger partial charge in [-0.2, -0.15) is 0 Å². The van der Waals surface area contributed by atoms with E-state index in [1.54, 1.807) is 0 Å². The molecule has 1 saturated heterocycles. The van der Waals surface area contributed by atoms with Gasteiger partial charge in [-0.3, -0.25) is 4.90 Å². The molecule has 4 nitrogen and oxygen atoms in total. The van der Waals surface area contributed by atoms with Crippen LogP contribution in [0.3, 0.4) is 0 Å². The number of alkyl carbamates (subject to hydrolysis) is 1.